The highest BCUT2D eigenvalue weighted by Crippen LogP contribution is 2.48. The normalized spacial score (nSPS) is 19.5. The van der Waals surface area contributed by atoms with Crippen LogP contribution in [0.3, 0.4) is 0 Å². The Labute approximate surface area is 210 Å². The van der Waals surface area contributed by atoms with E-state index in [0.717, 1.165) is 17.7 Å². The molecule has 1 aliphatic heterocycles. The van der Waals surface area contributed by atoms with Crippen LogP contribution in [0.5, 0.6) is 5.75 Å². The number of nitrogens with one attached hydrogen (secondary N) is 1. The lowest BCUT2D eigenvalue weighted by molar-refractivity contribution is -0.170. The van der Waals surface area contributed by atoms with Crippen molar-refractivity contribution < 1.29 is 31.9 Å². The van der Waals surface area contributed by atoms with E-state index in [1.165, 1.54) is 24.3 Å². The van der Waals surface area contributed by atoms with Gasteiger partial charge in [0.05, 0.1) is 24.5 Å². The number of amides is 1. The fourth-order valence-electron chi connectivity index (χ4n) is 5.02. The van der Waals surface area contributed by atoms with Crippen LogP contribution in [0, 0.1) is 5.82 Å². The number of anilines is 2. The third-order valence-electron chi connectivity index (χ3n) is 6.72. The quantitative estimate of drug-likeness (QED) is 0.421. The molecule has 5 nitrogen and oxygen atoms in total. The molecule has 0 saturated carbocycles. The maximum atomic E-state index is 13.9. The van der Waals surface area contributed by atoms with E-state index < -0.39 is 29.7 Å². The average Bonchev–Trinajstić information content (AvgIpc) is 3.03. The van der Waals surface area contributed by atoms with Gasteiger partial charge in [-0.15, -0.1) is 0 Å². The van der Waals surface area contributed by atoms with Gasteiger partial charge in [-0.1, -0.05) is 36.4 Å². The molecule has 3 aromatic carbocycles. The van der Waals surface area contributed by atoms with Crippen LogP contribution in [0.15, 0.2) is 84.1 Å². The van der Waals surface area contributed by atoms with E-state index in [-0.39, 0.29) is 34.9 Å². The first-order valence-corrected chi connectivity index (χ1v) is 11.6. The number of carbonyl (C=O) groups excluding carboxylic acids is 2. The second kappa shape index (κ2) is 9.38. The number of alkyl halides is 3. The number of rotatable bonds is 3. The SMILES string of the molecule is COc1ccc([C@@H]2CC(=O)C3=C(C2)Nc2ccccc2N(C(=O)C(F)(F)F)[C@H]3c2ccc(F)cc2)cc1. The molecule has 1 amide bonds. The molecule has 1 aliphatic carbocycles. The highest BCUT2D eigenvalue weighted by atomic mass is 19.4. The van der Waals surface area contributed by atoms with Gasteiger partial charge in [-0.2, -0.15) is 13.2 Å². The van der Waals surface area contributed by atoms with E-state index in [4.69, 9.17) is 4.74 Å². The van der Waals surface area contributed by atoms with Crippen LogP contribution in [0.1, 0.15) is 35.9 Å². The van der Waals surface area contributed by atoms with Crippen LogP contribution in [-0.4, -0.2) is 25.0 Å². The molecular weight excluding hydrogens is 488 g/mol. The minimum absolute atomic E-state index is 0.0256. The summed E-state index contributed by atoms with van der Waals surface area (Å²) in [7, 11) is 1.55. The Hall–Kier alpha value is -4.14. The molecule has 0 radical (unpaired) electrons. The average molecular weight is 510 g/mol. The minimum Gasteiger partial charge on any atom is -0.497 e. The van der Waals surface area contributed by atoms with Gasteiger partial charge in [-0.25, -0.2) is 4.39 Å². The van der Waals surface area contributed by atoms with Crippen LogP contribution >= 0.6 is 0 Å². The van der Waals surface area contributed by atoms with Crippen molar-refractivity contribution in [3.8, 4) is 5.75 Å². The molecule has 0 spiro atoms. The molecule has 2 aliphatic rings. The Morgan fingerprint density at radius 3 is 2.24 bits per heavy atom. The Balaban J connectivity index is 1.70. The van der Waals surface area contributed by atoms with Gasteiger partial charge in [0.1, 0.15) is 11.6 Å². The van der Waals surface area contributed by atoms with E-state index in [9.17, 15) is 27.2 Å². The molecule has 190 valence electrons. The van der Waals surface area contributed by atoms with Gasteiger partial charge in [-0.05, 0) is 59.9 Å². The van der Waals surface area contributed by atoms with E-state index in [0.29, 0.717) is 22.8 Å². The first-order chi connectivity index (χ1) is 17.7. The summed E-state index contributed by atoms with van der Waals surface area (Å²) in [6, 6.07) is 16.8. The van der Waals surface area contributed by atoms with Gasteiger partial charge in [0, 0.05) is 17.7 Å². The zero-order valence-corrected chi connectivity index (χ0v) is 19.7. The first-order valence-electron chi connectivity index (χ1n) is 11.6. The van der Waals surface area contributed by atoms with Crippen molar-refractivity contribution in [1.29, 1.82) is 0 Å². The van der Waals surface area contributed by atoms with Gasteiger partial charge in [0.15, 0.2) is 5.78 Å². The van der Waals surface area contributed by atoms with Gasteiger partial charge in [0.2, 0.25) is 0 Å². The van der Waals surface area contributed by atoms with Crippen LogP contribution in [0.25, 0.3) is 0 Å². The predicted octanol–water partition coefficient (Wildman–Crippen LogP) is 6.30. The summed E-state index contributed by atoms with van der Waals surface area (Å²) in [5.74, 6) is -2.68. The number of ketones is 1. The number of allylic oxidation sites excluding steroid dienone is 1. The zero-order chi connectivity index (χ0) is 26.3. The van der Waals surface area contributed by atoms with Gasteiger partial charge in [-0.3, -0.25) is 14.5 Å². The lowest BCUT2D eigenvalue weighted by atomic mass is 9.78. The summed E-state index contributed by atoms with van der Waals surface area (Å²) < 4.78 is 60.7. The second-order valence-corrected chi connectivity index (χ2v) is 8.96. The second-order valence-electron chi connectivity index (χ2n) is 8.96. The van der Waals surface area contributed by atoms with Gasteiger partial charge < -0.3 is 10.1 Å². The number of carbonyl (C=O) groups is 2. The molecule has 37 heavy (non-hydrogen) atoms. The molecule has 0 fully saturated rings. The fourth-order valence-corrected chi connectivity index (χ4v) is 5.02. The number of nitrogens with zero attached hydrogens (tertiary/aromatic N) is 1. The number of ether oxygens (including phenoxy) is 1. The lowest BCUT2D eigenvalue weighted by Gasteiger charge is -2.35. The van der Waals surface area contributed by atoms with Crippen molar-refractivity contribution in [2.45, 2.75) is 31.0 Å². The summed E-state index contributed by atoms with van der Waals surface area (Å²) >= 11 is 0. The molecule has 0 bridgehead atoms. The standard InChI is InChI=1S/C28H22F4N2O3/c1-37-20-12-8-16(9-13-20)18-14-22-25(24(35)15-18)26(17-6-10-19(29)11-7-17)34(27(36)28(30,31)32)23-5-3-2-4-21(23)33-22/h2-13,18,26,33H,14-15H2,1H3/t18-,26-/m0/s1. The van der Waals surface area contributed by atoms with Crippen molar-refractivity contribution in [2.24, 2.45) is 0 Å². The van der Waals surface area contributed by atoms with Crippen molar-refractivity contribution in [2.75, 3.05) is 17.3 Å². The summed E-state index contributed by atoms with van der Waals surface area (Å²) in [5, 5.41) is 3.16. The van der Waals surface area contributed by atoms with Crippen LogP contribution in [-0.2, 0) is 9.59 Å². The highest BCUT2D eigenvalue weighted by Gasteiger charge is 2.49. The number of methoxy groups -OCH3 is 1. The van der Waals surface area contributed by atoms with E-state index >= 15 is 0 Å². The molecule has 1 heterocycles. The molecule has 3 aromatic rings. The first kappa shape index (κ1) is 24.5. The Morgan fingerprint density at radius 1 is 0.946 bits per heavy atom. The van der Waals surface area contributed by atoms with E-state index in [1.54, 1.807) is 31.4 Å². The Kier molecular flexibility index (Phi) is 6.23. The van der Waals surface area contributed by atoms with Gasteiger partial charge in [0.25, 0.3) is 0 Å². The molecule has 0 aromatic heterocycles. The third kappa shape index (κ3) is 4.57. The summed E-state index contributed by atoms with van der Waals surface area (Å²) in [5.41, 5.74) is 1.80. The smallest absolute Gasteiger partial charge is 0.471 e. The third-order valence-corrected chi connectivity index (χ3v) is 6.72. The molecule has 1 N–H and O–H groups in total. The Bertz CT molecular complexity index is 1380. The zero-order valence-electron chi connectivity index (χ0n) is 19.7. The van der Waals surface area contributed by atoms with Gasteiger partial charge >= 0.3 is 12.1 Å². The summed E-state index contributed by atoms with van der Waals surface area (Å²) in [6.07, 6.45) is -4.85. The van der Waals surface area contributed by atoms with Crippen LogP contribution in [0.2, 0.25) is 0 Å². The number of halogens is 4. The van der Waals surface area contributed by atoms with Crippen molar-refractivity contribution in [1.82, 2.24) is 0 Å². The highest BCUT2D eigenvalue weighted by molar-refractivity contribution is 6.07. The number of para-hydroxylation sites is 2. The largest absolute Gasteiger partial charge is 0.497 e. The molecular formula is C28H22F4N2O3. The van der Waals surface area contributed by atoms with Crippen molar-refractivity contribution in [3.05, 3.63) is 101 Å². The van der Waals surface area contributed by atoms with Crippen LogP contribution < -0.4 is 15.0 Å². The maximum Gasteiger partial charge on any atom is 0.471 e. The van der Waals surface area contributed by atoms with Crippen molar-refractivity contribution in [3.63, 3.8) is 0 Å². The van der Waals surface area contributed by atoms with Crippen molar-refractivity contribution >= 4 is 23.1 Å². The molecule has 0 unspecified atom stereocenters. The minimum atomic E-state index is -5.21. The number of benzene rings is 3. The maximum absolute atomic E-state index is 13.9. The topological polar surface area (TPSA) is 58.6 Å². The molecule has 9 heteroatoms. The number of fused-ring (bicyclic) bond motifs is 1. The molecule has 5 rings (SSSR count). The predicted molar refractivity (Wildman–Crippen MR) is 130 cm³/mol. The van der Waals surface area contributed by atoms with E-state index in [1.807, 2.05) is 12.1 Å². The number of Topliss-reactive ketones (excluding diaryl/α,β-unsaturated/α-hetero) is 1. The number of hydrogen-bond acceptors (Lipinski definition) is 4. The Morgan fingerprint density at radius 2 is 1.59 bits per heavy atom. The monoisotopic (exact) mass is 510 g/mol. The fraction of sp³-hybridized carbons (Fsp3) is 0.214. The molecule has 2 atom stereocenters. The van der Waals surface area contributed by atoms with Crippen LogP contribution in [0.4, 0.5) is 28.9 Å². The summed E-state index contributed by atoms with van der Waals surface area (Å²) in [4.78, 5) is 27.2. The lowest BCUT2D eigenvalue weighted by Crippen LogP contribution is -2.45. The summed E-state index contributed by atoms with van der Waals surface area (Å²) in [6.45, 7) is 0. The number of hydrogen-bond donors (Lipinski definition) is 1. The van der Waals surface area contributed by atoms with E-state index in [2.05, 4.69) is 5.32 Å². The molecule has 0 saturated heterocycles.